The highest BCUT2D eigenvalue weighted by atomic mass is 35.5. The first-order chi connectivity index (χ1) is 11.5. The summed E-state index contributed by atoms with van der Waals surface area (Å²) in [7, 11) is 0. The van der Waals surface area contributed by atoms with Crippen molar-refractivity contribution in [3.8, 4) is 0 Å². The summed E-state index contributed by atoms with van der Waals surface area (Å²) in [6, 6.07) is 11.0. The molecule has 1 amide bonds. The third-order valence-electron chi connectivity index (χ3n) is 3.26. The largest absolute Gasteiger partial charge is 0.465 e. The minimum atomic E-state index is -1.10. The van der Waals surface area contributed by atoms with Crippen molar-refractivity contribution in [2.45, 2.75) is 27.0 Å². The van der Waals surface area contributed by atoms with Crippen LogP contribution < -0.4 is 5.32 Å². The van der Waals surface area contributed by atoms with Crippen LogP contribution in [0.15, 0.2) is 41.6 Å². The summed E-state index contributed by atoms with van der Waals surface area (Å²) in [5, 5.41) is 15.5. The summed E-state index contributed by atoms with van der Waals surface area (Å²) in [4.78, 5) is 20.3. The van der Waals surface area contributed by atoms with Crippen molar-refractivity contribution in [1.29, 1.82) is 0 Å². The van der Waals surface area contributed by atoms with Crippen molar-refractivity contribution < 1.29 is 14.7 Å². The molecule has 2 rings (SSSR count). The fourth-order valence-corrected chi connectivity index (χ4v) is 2.42. The van der Waals surface area contributed by atoms with Crippen molar-refractivity contribution in [2.24, 2.45) is 5.16 Å². The van der Waals surface area contributed by atoms with Gasteiger partial charge in [-0.15, -0.1) is 0 Å². The monoisotopic (exact) mass is 347 g/mol. The Morgan fingerprint density at radius 3 is 2.79 bits per heavy atom. The molecule has 7 heteroatoms. The number of benzene rings is 1. The van der Waals surface area contributed by atoms with Crippen LogP contribution in [0.1, 0.15) is 29.4 Å². The van der Waals surface area contributed by atoms with E-state index < -0.39 is 6.09 Å². The minimum absolute atomic E-state index is 0.128. The molecule has 0 unspecified atom stereocenters. The Balaban J connectivity index is 2.06. The maximum atomic E-state index is 10.6. The predicted molar refractivity (Wildman–Crippen MR) is 92.3 cm³/mol. The zero-order valence-electron chi connectivity index (χ0n) is 13.4. The molecule has 6 nitrogen and oxygen atoms in total. The molecule has 0 spiro atoms. The van der Waals surface area contributed by atoms with Crippen LogP contribution in [0.5, 0.6) is 0 Å². The maximum Gasteiger partial charge on any atom is 0.404 e. The maximum absolute atomic E-state index is 10.6. The highest BCUT2D eigenvalue weighted by Crippen LogP contribution is 2.22. The Morgan fingerprint density at radius 1 is 1.33 bits per heavy atom. The van der Waals surface area contributed by atoms with E-state index in [1.54, 1.807) is 25.1 Å². The highest BCUT2D eigenvalue weighted by Gasteiger charge is 2.10. The molecule has 2 aromatic rings. The number of pyridine rings is 1. The van der Waals surface area contributed by atoms with Gasteiger partial charge in [0.2, 0.25) is 0 Å². The van der Waals surface area contributed by atoms with Crippen LogP contribution in [0.4, 0.5) is 4.79 Å². The van der Waals surface area contributed by atoms with Gasteiger partial charge in [0.1, 0.15) is 0 Å². The molecule has 126 valence electrons. The lowest BCUT2D eigenvalue weighted by Gasteiger charge is -2.09. The predicted octanol–water partition coefficient (Wildman–Crippen LogP) is 3.75. The molecular weight excluding hydrogens is 330 g/mol. The fourth-order valence-electron chi connectivity index (χ4n) is 2.09. The number of amides is 1. The fraction of sp³-hybridized carbons (Fsp3) is 0.235. The molecule has 0 saturated heterocycles. The van der Waals surface area contributed by atoms with Crippen molar-refractivity contribution in [3.05, 3.63) is 63.9 Å². The van der Waals surface area contributed by atoms with Crippen molar-refractivity contribution >= 4 is 23.4 Å². The molecule has 0 radical (unpaired) electrons. The van der Waals surface area contributed by atoms with Gasteiger partial charge in [-0.2, -0.15) is 0 Å². The van der Waals surface area contributed by atoms with Crippen molar-refractivity contribution in [1.82, 2.24) is 10.3 Å². The lowest BCUT2D eigenvalue weighted by Crippen LogP contribution is -2.20. The van der Waals surface area contributed by atoms with E-state index in [0.29, 0.717) is 21.9 Å². The van der Waals surface area contributed by atoms with E-state index in [4.69, 9.17) is 21.5 Å². The van der Waals surface area contributed by atoms with E-state index in [-0.39, 0.29) is 13.2 Å². The Hall–Kier alpha value is -2.60. The number of nitrogens with one attached hydrogen (secondary N) is 1. The number of nitrogens with zero attached hydrogens (tertiary/aromatic N) is 2. The average Bonchev–Trinajstić information content (AvgIpc) is 2.53. The molecule has 24 heavy (non-hydrogen) atoms. The van der Waals surface area contributed by atoms with Crippen LogP contribution in [-0.4, -0.2) is 21.9 Å². The summed E-state index contributed by atoms with van der Waals surface area (Å²) < 4.78 is 0. The molecule has 0 atom stereocenters. The van der Waals surface area contributed by atoms with Crippen LogP contribution in [0.25, 0.3) is 0 Å². The van der Waals surface area contributed by atoms with Crippen LogP contribution in [0, 0.1) is 6.92 Å². The van der Waals surface area contributed by atoms with E-state index in [1.165, 1.54) is 0 Å². The molecule has 2 N–H and O–H groups in total. The average molecular weight is 348 g/mol. The first-order valence-electron chi connectivity index (χ1n) is 7.31. The van der Waals surface area contributed by atoms with Gasteiger partial charge in [0, 0.05) is 17.8 Å². The number of aromatic nitrogens is 1. The van der Waals surface area contributed by atoms with Gasteiger partial charge in [-0.05, 0) is 31.5 Å². The van der Waals surface area contributed by atoms with E-state index in [9.17, 15) is 4.79 Å². The summed E-state index contributed by atoms with van der Waals surface area (Å²) in [6.45, 7) is 4.08. The van der Waals surface area contributed by atoms with E-state index in [2.05, 4.69) is 15.5 Å². The van der Waals surface area contributed by atoms with Crippen LogP contribution in [0.3, 0.4) is 0 Å². The number of oxime groups is 1. The Morgan fingerprint density at radius 2 is 2.08 bits per heavy atom. The van der Waals surface area contributed by atoms with Crippen molar-refractivity contribution in [2.75, 3.05) is 0 Å². The minimum Gasteiger partial charge on any atom is -0.465 e. The Bertz CT molecular complexity index is 762. The summed E-state index contributed by atoms with van der Waals surface area (Å²) >= 11 is 6.32. The van der Waals surface area contributed by atoms with Gasteiger partial charge in [-0.1, -0.05) is 41.0 Å². The topological polar surface area (TPSA) is 83.8 Å². The second-order valence-corrected chi connectivity index (χ2v) is 5.54. The van der Waals surface area contributed by atoms with E-state index >= 15 is 0 Å². The molecule has 0 bridgehead atoms. The number of hydrogen-bond donors (Lipinski definition) is 2. The molecule has 1 aromatic heterocycles. The number of carbonyl (C=O) groups is 1. The smallest absolute Gasteiger partial charge is 0.404 e. The summed E-state index contributed by atoms with van der Waals surface area (Å²) in [6.07, 6.45) is -1.10. The van der Waals surface area contributed by atoms with Gasteiger partial charge in [0.05, 0.1) is 16.4 Å². The molecule has 0 fully saturated rings. The highest BCUT2D eigenvalue weighted by molar-refractivity contribution is 6.34. The van der Waals surface area contributed by atoms with Gasteiger partial charge < -0.3 is 15.3 Å². The lowest BCUT2D eigenvalue weighted by atomic mass is 10.1. The number of rotatable bonds is 6. The van der Waals surface area contributed by atoms with E-state index in [0.717, 1.165) is 11.4 Å². The van der Waals surface area contributed by atoms with Gasteiger partial charge >= 0.3 is 6.09 Å². The number of hydrogen-bond acceptors (Lipinski definition) is 4. The Labute approximate surface area is 145 Å². The van der Waals surface area contributed by atoms with Crippen molar-refractivity contribution in [3.63, 3.8) is 0 Å². The number of aryl methyl sites for hydroxylation is 1. The van der Waals surface area contributed by atoms with Crippen LogP contribution >= 0.6 is 11.6 Å². The van der Waals surface area contributed by atoms with E-state index in [1.807, 2.05) is 25.1 Å². The molecule has 1 heterocycles. The van der Waals surface area contributed by atoms with Gasteiger partial charge in [0.15, 0.2) is 6.61 Å². The second-order valence-electron chi connectivity index (χ2n) is 5.16. The third kappa shape index (κ3) is 4.96. The molecular formula is C17H18ClN3O3. The molecule has 0 aliphatic carbocycles. The number of carboxylic acid groups (broad SMARTS) is 1. The van der Waals surface area contributed by atoms with Gasteiger partial charge in [-0.3, -0.25) is 4.98 Å². The quantitative estimate of drug-likeness (QED) is 0.615. The second kappa shape index (κ2) is 8.31. The first-order valence-corrected chi connectivity index (χ1v) is 7.69. The SMILES string of the molecule is C/C(=N/OCc1cccc(C)n1)c1cccc(CNC(=O)O)c1Cl. The van der Waals surface area contributed by atoms with Crippen LogP contribution in [0.2, 0.25) is 5.02 Å². The van der Waals surface area contributed by atoms with Gasteiger partial charge in [0.25, 0.3) is 0 Å². The zero-order valence-corrected chi connectivity index (χ0v) is 14.2. The normalized spacial score (nSPS) is 11.2. The van der Waals surface area contributed by atoms with Gasteiger partial charge in [-0.25, -0.2) is 4.79 Å². The summed E-state index contributed by atoms with van der Waals surface area (Å²) in [5.74, 6) is 0. The van der Waals surface area contributed by atoms with Crippen LogP contribution in [-0.2, 0) is 18.0 Å². The Kier molecular flexibility index (Phi) is 6.14. The lowest BCUT2D eigenvalue weighted by molar-refractivity contribution is 0.127. The molecule has 0 saturated carbocycles. The molecule has 0 aliphatic rings. The molecule has 0 aliphatic heterocycles. The summed E-state index contributed by atoms with van der Waals surface area (Å²) in [5.41, 5.74) is 3.67. The molecule has 1 aromatic carbocycles. The standard InChI is InChI=1S/C17H18ClN3O3/c1-11-5-3-7-14(20-11)10-24-21-12(2)15-8-4-6-13(16(15)18)9-19-17(22)23/h3-8,19H,9-10H2,1-2H3,(H,22,23)/b21-12-. The zero-order chi connectivity index (χ0) is 17.5. The number of halogens is 1. The third-order valence-corrected chi connectivity index (χ3v) is 3.70. The first kappa shape index (κ1) is 17.7.